The topological polar surface area (TPSA) is 55.1 Å². The monoisotopic (exact) mass is 288 g/mol. The first kappa shape index (κ1) is 16.5. The lowest BCUT2D eigenvalue weighted by Gasteiger charge is -2.25. The SMILES string of the molecule is CC(C)(C)[C@H](N)C(=O)NCc1ccc(C(F)(F)F)cc1. The second kappa shape index (κ2) is 5.83. The molecule has 0 radical (unpaired) electrons. The Hall–Kier alpha value is -1.56. The van der Waals surface area contributed by atoms with Crippen molar-refractivity contribution in [3.63, 3.8) is 0 Å². The first-order valence-electron chi connectivity index (χ1n) is 6.21. The zero-order valence-corrected chi connectivity index (χ0v) is 11.7. The van der Waals surface area contributed by atoms with Crippen LogP contribution in [0.4, 0.5) is 13.2 Å². The predicted molar refractivity (Wildman–Crippen MR) is 70.7 cm³/mol. The molecule has 0 saturated heterocycles. The lowest BCUT2D eigenvalue weighted by molar-refractivity contribution is -0.137. The van der Waals surface area contributed by atoms with E-state index in [1.807, 2.05) is 20.8 Å². The van der Waals surface area contributed by atoms with Crippen molar-refractivity contribution >= 4 is 5.91 Å². The van der Waals surface area contributed by atoms with Gasteiger partial charge in [0.25, 0.3) is 0 Å². The average molecular weight is 288 g/mol. The standard InChI is InChI=1S/C14H19F3N2O/c1-13(2,3)11(18)12(20)19-8-9-4-6-10(7-5-9)14(15,16)17/h4-7,11H,8,18H2,1-3H3,(H,19,20)/t11-/m1/s1. The summed E-state index contributed by atoms with van der Waals surface area (Å²) in [6, 6.07) is 3.99. The highest BCUT2D eigenvalue weighted by Gasteiger charge is 2.30. The van der Waals surface area contributed by atoms with Gasteiger partial charge in [-0.25, -0.2) is 0 Å². The van der Waals surface area contributed by atoms with Crippen LogP contribution in [0.25, 0.3) is 0 Å². The Kier molecular flexibility index (Phi) is 4.81. The Morgan fingerprint density at radius 2 is 1.70 bits per heavy atom. The van der Waals surface area contributed by atoms with Crippen LogP contribution in [0, 0.1) is 5.41 Å². The number of hydrogen-bond acceptors (Lipinski definition) is 2. The van der Waals surface area contributed by atoms with E-state index in [-0.39, 0.29) is 17.9 Å². The minimum absolute atomic E-state index is 0.154. The van der Waals surface area contributed by atoms with Gasteiger partial charge < -0.3 is 11.1 Å². The molecule has 1 atom stereocenters. The number of rotatable bonds is 3. The lowest BCUT2D eigenvalue weighted by Crippen LogP contribution is -2.48. The smallest absolute Gasteiger partial charge is 0.351 e. The van der Waals surface area contributed by atoms with E-state index in [0.717, 1.165) is 12.1 Å². The van der Waals surface area contributed by atoms with Crippen LogP contribution in [0.1, 0.15) is 31.9 Å². The normalized spacial score (nSPS) is 13.9. The minimum atomic E-state index is -4.35. The Morgan fingerprint density at radius 3 is 2.10 bits per heavy atom. The second-order valence-electron chi connectivity index (χ2n) is 5.76. The van der Waals surface area contributed by atoms with Gasteiger partial charge in [-0.05, 0) is 23.1 Å². The Bertz CT molecular complexity index is 461. The van der Waals surface area contributed by atoms with Crippen LogP contribution in [0.3, 0.4) is 0 Å². The van der Waals surface area contributed by atoms with Crippen molar-refractivity contribution in [2.45, 2.75) is 39.5 Å². The molecule has 0 heterocycles. The molecule has 1 aromatic rings. The van der Waals surface area contributed by atoms with E-state index in [4.69, 9.17) is 5.73 Å². The number of alkyl halides is 3. The summed E-state index contributed by atoms with van der Waals surface area (Å²) in [6.07, 6.45) is -4.35. The minimum Gasteiger partial charge on any atom is -0.351 e. The number of carbonyl (C=O) groups is 1. The van der Waals surface area contributed by atoms with Crippen molar-refractivity contribution in [1.29, 1.82) is 0 Å². The van der Waals surface area contributed by atoms with E-state index >= 15 is 0 Å². The van der Waals surface area contributed by atoms with Gasteiger partial charge in [0.05, 0.1) is 11.6 Å². The number of hydrogen-bond donors (Lipinski definition) is 2. The fourth-order valence-electron chi connectivity index (χ4n) is 1.50. The summed E-state index contributed by atoms with van der Waals surface area (Å²) in [7, 11) is 0. The molecule has 0 aliphatic carbocycles. The van der Waals surface area contributed by atoms with Crippen LogP contribution < -0.4 is 11.1 Å². The van der Waals surface area contributed by atoms with Crippen molar-refractivity contribution in [3.8, 4) is 0 Å². The third-order valence-electron chi connectivity index (χ3n) is 2.96. The van der Waals surface area contributed by atoms with E-state index in [1.165, 1.54) is 12.1 Å². The van der Waals surface area contributed by atoms with Crippen molar-refractivity contribution in [2.24, 2.45) is 11.1 Å². The van der Waals surface area contributed by atoms with Crippen molar-refractivity contribution in [3.05, 3.63) is 35.4 Å². The third-order valence-corrected chi connectivity index (χ3v) is 2.96. The van der Waals surface area contributed by atoms with Crippen molar-refractivity contribution in [2.75, 3.05) is 0 Å². The fourth-order valence-corrected chi connectivity index (χ4v) is 1.50. The summed E-state index contributed by atoms with van der Waals surface area (Å²) in [5.74, 6) is -0.322. The maximum Gasteiger partial charge on any atom is 0.416 e. The molecule has 3 N–H and O–H groups in total. The molecule has 0 aliphatic rings. The molecular weight excluding hydrogens is 269 g/mol. The largest absolute Gasteiger partial charge is 0.416 e. The molecule has 0 unspecified atom stereocenters. The van der Waals surface area contributed by atoms with Crippen LogP contribution in [-0.4, -0.2) is 11.9 Å². The van der Waals surface area contributed by atoms with E-state index in [0.29, 0.717) is 5.56 Å². The van der Waals surface area contributed by atoms with Gasteiger partial charge in [-0.2, -0.15) is 13.2 Å². The Morgan fingerprint density at radius 1 is 1.20 bits per heavy atom. The highest BCUT2D eigenvalue weighted by atomic mass is 19.4. The molecule has 3 nitrogen and oxygen atoms in total. The van der Waals surface area contributed by atoms with Gasteiger partial charge in [0, 0.05) is 6.54 Å². The molecule has 0 aliphatic heterocycles. The molecule has 0 saturated carbocycles. The molecule has 0 fully saturated rings. The Labute approximate surface area is 116 Å². The first-order valence-corrected chi connectivity index (χ1v) is 6.21. The van der Waals surface area contributed by atoms with Gasteiger partial charge in [-0.15, -0.1) is 0 Å². The van der Waals surface area contributed by atoms with Gasteiger partial charge in [0.1, 0.15) is 0 Å². The maximum absolute atomic E-state index is 12.4. The lowest BCUT2D eigenvalue weighted by atomic mass is 9.87. The second-order valence-corrected chi connectivity index (χ2v) is 5.76. The number of carbonyl (C=O) groups excluding carboxylic acids is 1. The van der Waals surface area contributed by atoms with E-state index < -0.39 is 17.8 Å². The predicted octanol–water partition coefficient (Wildman–Crippen LogP) is 2.70. The molecule has 6 heteroatoms. The van der Waals surface area contributed by atoms with Gasteiger partial charge in [-0.3, -0.25) is 4.79 Å². The van der Waals surface area contributed by atoms with Gasteiger partial charge in [-0.1, -0.05) is 32.9 Å². The van der Waals surface area contributed by atoms with Crippen LogP contribution in [-0.2, 0) is 17.5 Å². The van der Waals surface area contributed by atoms with Crippen molar-refractivity contribution < 1.29 is 18.0 Å². The van der Waals surface area contributed by atoms with Gasteiger partial charge >= 0.3 is 6.18 Å². The van der Waals surface area contributed by atoms with Crippen LogP contribution in [0.5, 0.6) is 0 Å². The first-order chi connectivity index (χ1) is 9.01. The summed E-state index contributed by atoms with van der Waals surface area (Å²) < 4.78 is 37.2. The van der Waals surface area contributed by atoms with Gasteiger partial charge in [0.2, 0.25) is 5.91 Å². The zero-order chi connectivity index (χ0) is 15.6. The van der Waals surface area contributed by atoms with Crippen molar-refractivity contribution in [1.82, 2.24) is 5.32 Å². The molecular formula is C14H19F3N2O. The molecule has 20 heavy (non-hydrogen) atoms. The molecule has 112 valence electrons. The number of nitrogens with one attached hydrogen (secondary N) is 1. The molecule has 1 amide bonds. The highest BCUT2D eigenvalue weighted by Crippen LogP contribution is 2.29. The zero-order valence-electron chi connectivity index (χ0n) is 11.7. The van der Waals surface area contributed by atoms with Crippen LogP contribution in [0.2, 0.25) is 0 Å². The molecule has 1 rings (SSSR count). The Balaban J connectivity index is 2.61. The summed E-state index contributed by atoms with van der Waals surface area (Å²) in [5.41, 5.74) is 5.29. The molecule has 0 spiro atoms. The summed E-state index contributed by atoms with van der Waals surface area (Å²) in [6.45, 7) is 5.68. The summed E-state index contributed by atoms with van der Waals surface area (Å²) in [4.78, 5) is 11.8. The van der Waals surface area contributed by atoms with E-state index in [9.17, 15) is 18.0 Å². The summed E-state index contributed by atoms with van der Waals surface area (Å²) in [5, 5.41) is 2.62. The third kappa shape index (κ3) is 4.52. The quantitative estimate of drug-likeness (QED) is 0.898. The number of amides is 1. The van der Waals surface area contributed by atoms with Crippen LogP contribution in [0.15, 0.2) is 24.3 Å². The van der Waals surface area contributed by atoms with Crippen LogP contribution >= 0.6 is 0 Å². The number of nitrogens with two attached hydrogens (primary N) is 1. The maximum atomic E-state index is 12.4. The van der Waals surface area contributed by atoms with E-state index in [1.54, 1.807) is 0 Å². The molecule has 0 aromatic heterocycles. The fraction of sp³-hybridized carbons (Fsp3) is 0.500. The number of benzene rings is 1. The van der Waals surface area contributed by atoms with E-state index in [2.05, 4.69) is 5.32 Å². The van der Waals surface area contributed by atoms with Gasteiger partial charge in [0.15, 0.2) is 0 Å². The highest BCUT2D eigenvalue weighted by molar-refractivity contribution is 5.82. The average Bonchev–Trinajstić information content (AvgIpc) is 2.33. The molecule has 0 bridgehead atoms. The number of halogens is 3. The summed E-state index contributed by atoms with van der Waals surface area (Å²) >= 11 is 0. The molecule has 1 aromatic carbocycles.